The van der Waals surface area contributed by atoms with Crippen LogP contribution in [0.15, 0.2) is 24.3 Å². The number of hydrogen-bond donors (Lipinski definition) is 1. The molecule has 7 heteroatoms. The van der Waals surface area contributed by atoms with E-state index < -0.39 is 5.54 Å². The van der Waals surface area contributed by atoms with Crippen LogP contribution < -0.4 is 5.32 Å². The van der Waals surface area contributed by atoms with E-state index in [0.29, 0.717) is 16.6 Å². The number of carbonyl (C=O) groups excluding carboxylic acids is 1. The van der Waals surface area contributed by atoms with E-state index in [0.717, 1.165) is 64.2 Å². The normalized spacial score (nSPS) is 23.9. The Morgan fingerprint density at radius 3 is 2.78 bits per heavy atom. The van der Waals surface area contributed by atoms with Crippen molar-refractivity contribution in [2.45, 2.75) is 31.2 Å². The maximum atomic E-state index is 13.1. The smallest absolute Gasteiger partial charge is 0.169 e. The van der Waals surface area contributed by atoms with Gasteiger partial charge in [-0.2, -0.15) is 0 Å². The zero-order valence-electron chi connectivity index (χ0n) is 15.9. The number of Topliss-reactive ketones (excluding diaryl/α,β-unsaturated/α-hetero) is 1. The summed E-state index contributed by atoms with van der Waals surface area (Å²) < 4.78 is 5.38. The molecule has 0 unspecified atom stereocenters. The van der Waals surface area contributed by atoms with Crippen molar-refractivity contribution in [3.63, 3.8) is 0 Å². The first-order chi connectivity index (χ1) is 13.1. The topological polar surface area (TPSA) is 44.8 Å². The SMILES string of the molecule is CN(C(=S)NCCN1CCOCC1)[C@]1(c2ccccc2Cl)CCCCC1=O. The molecule has 3 rings (SSSR count). The van der Waals surface area contributed by atoms with Gasteiger partial charge in [0.2, 0.25) is 0 Å². The number of likely N-dealkylation sites (N-methyl/N-ethyl adjacent to an activating group) is 1. The van der Waals surface area contributed by atoms with Gasteiger partial charge in [0.05, 0.1) is 13.2 Å². The third kappa shape index (κ3) is 4.45. The molecule has 1 aliphatic heterocycles. The Labute approximate surface area is 172 Å². The van der Waals surface area contributed by atoms with E-state index in [1.165, 1.54) is 0 Å². The lowest BCUT2D eigenvalue weighted by molar-refractivity contribution is -0.131. The highest BCUT2D eigenvalue weighted by atomic mass is 35.5. The quantitative estimate of drug-likeness (QED) is 0.754. The van der Waals surface area contributed by atoms with Gasteiger partial charge in [0.1, 0.15) is 5.54 Å². The summed E-state index contributed by atoms with van der Waals surface area (Å²) in [5, 5.41) is 4.56. The molecule has 0 bridgehead atoms. The Kier molecular flexibility index (Phi) is 7.09. The molecule has 2 fully saturated rings. The largest absolute Gasteiger partial charge is 0.379 e. The number of ketones is 1. The van der Waals surface area contributed by atoms with E-state index in [1.54, 1.807) is 0 Å². The number of carbonyl (C=O) groups is 1. The minimum Gasteiger partial charge on any atom is -0.379 e. The van der Waals surface area contributed by atoms with E-state index in [4.69, 9.17) is 28.6 Å². The monoisotopic (exact) mass is 409 g/mol. The van der Waals surface area contributed by atoms with Gasteiger partial charge in [0.15, 0.2) is 10.9 Å². The predicted octanol–water partition coefficient (Wildman–Crippen LogP) is 2.82. The highest BCUT2D eigenvalue weighted by Crippen LogP contribution is 2.42. The Morgan fingerprint density at radius 2 is 2.07 bits per heavy atom. The average Bonchev–Trinajstić information content (AvgIpc) is 2.69. The van der Waals surface area contributed by atoms with Crippen molar-refractivity contribution in [3.8, 4) is 0 Å². The van der Waals surface area contributed by atoms with Crippen molar-refractivity contribution in [3.05, 3.63) is 34.9 Å². The highest BCUT2D eigenvalue weighted by Gasteiger charge is 2.47. The highest BCUT2D eigenvalue weighted by molar-refractivity contribution is 7.80. The minimum absolute atomic E-state index is 0.196. The molecule has 1 saturated carbocycles. The van der Waals surface area contributed by atoms with Crippen LogP contribution in [0.5, 0.6) is 0 Å². The molecule has 148 valence electrons. The van der Waals surface area contributed by atoms with E-state index >= 15 is 0 Å². The number of morpholine rings is 1. The number of nitrogens with zero attached hydrogens (tertiary/aromatic N) is 2. The summed E-state index contributed by atoms with van der Waals surface area (Å²) >= 11 is 12.2. The fraction of sp³-hybridized carbons (Fsp3) is 0.600. The van der Waals surface area contributed by atoms with Crippen LogP contribution in [0, 0.1) is 0 Å². The second-order valence-corrected chi connectivity index (χ2v) is 8.01. The lowest BCUT2D eigenvalue weighted by atomic mass is 9.74. The van der Waals surface area contributed by atoms with Gasteiger partial charge < -0.3 is 15.0 Å². The lowest BCUT2D eigenvalue weighted by Gasteiger charge is -2.45. The molecule has 27 heavy (non-hydrogen) atoms. The summed E-state index contributed by atoms with van der Waals surface area (Å²) in [5.74, 6) is 0.196. The number of halogens is 1. The number of rotatable bonds is 5. The molecule has 5 nitrogen and oxygen atoms in total. The summed E-state index contributed by atoms with van der Waals surface area (Å²) in [6.07, 6.45) is 3.21. The molecule has 0 spiro atoms. The van der Waals surface area contributed by atoms with Crippen LogP contribution in [-0.4, -0.2) is 67.1 Å². The summed E-state index contributed by atoms with van der Waals surface area (Å²) in [6, 6.07) is 7.64. The molecule has 1 heterocycles. The average molecular weight is 410 g/mol. The third-order valence-corrected chi connectivity index (χ3v) is 6.41. The van der Waals surface area contributed by atoms with Gasteiger partial charge in [-0.1, -0.05) is 29.8 Å². The molecular weight excluding hydrogens is 382 g/mol. The zero-order chi connectivity index (χ0) is 19.3. The van der Waals surface area contributed by atoms with Crippen molar-refractivity contribution in [1.29, 1.82) is 0 Å². The molecule has 1 atom stereocenters. The fourth-order valence-corrected chi connectivity index (χ4v) is 4.62. The first-order valence-corrected chi connectivity index (χ1v) is 10.4. The van der Waals surface area contributed by atoms with Crippen LogP contribution >= 0.6 is 23.8 Å². The molecule has 1 N–H and O–H groups in total. The van der Waals surface area contributed by atoms with Crippen molar-refractivity contribution in [2.24, 2.45) is 0 Å². The molecule has 0 radical (unpaired) electrons. The van der Waals surface area contributed by atoms with Crippen molar-refractivity contribution < 1.29 is 9.53 Å². The maximum absolute atomic E-state index is 13.1. The van der Waals surface area contributed by atoms with E-state index in [-0.39, 0.29) is 5.78 Å². The summed E-state index contributed by atoms with van der Waals surface area (Å²) in [5.41, 5.74) is 0.0795. The van der Waals surface area contributed by atoms with Crippen LogP contribution in [0.1, 0.15) is 31.2 Å². The Hall–Kier alpha value is -1.21. The molecule has 1 aliphatic carbocycles. The number of benzene rings is 1. The second kappa shape index (κ2) is 9.32. The fourth-order valence-electron chi connectivity index (χ4n) is 4.07. The maximum Gasteiger partial charge on any atom is 0.169 e. The van der Waals surface area contributed by atoms with Crippen LogP contribution in [0.4, 0.5) is 0 Å². The van der Waals surface area contributed by atoms with Crippen molar-refractivity contribution in [1.82, 2.24) is 15.1 Å². The first kappa shape index (κ1) is 20.5. The Bertz CT molecular complexity index is 681. The third-order valence-electron chi connectivity index (χ3n) is 5.66. The summed E-state index contributed by atoms with van der Waals surface area (Å²) in [7, 11) is 1.91. The van der Waals surface area contributed by atoms with Crippen LogP contribution in [-0.2, 0) is 15.1 Å². The zero-order valence-corrected chi connectivity index (χ0v) is 17.5. The minimum atomic E-state index is -0.778. The van der Waals surface area contributed by atoms with Gasteiger partial charge in [-0.05, 0) is 37.5 Å². The van der Waals surface area contributed by atoms with E-state index in [2.05, 4.69) is 10.2 Å². The number of hydrogen-bond acceptors (Lipinski definition) is 4. The number of nitrogens with one attached hydrogen (secondary N) is 1. The van der Waals surface area contributed by atoms with Gasteiger partial charge in [-0.3, -0.25) is 9.69 Å². The molecule has 1 aromatic carbocycles. The molecule has 0 amide bonds. The summed E-state index contributed by atoms with van der Waals surface area (Å²) in [6.45, 7) is 5.13. The number of ether oxygens (including phenoxy) is 1. The van der Waals surface area contributed by atoms with Crippen molar-refractivity contribution >= 4 is 34.7 Å². The Morgan fingerprint density at radius 1 is 1.33 bits per heavy atom. The van der Waals surface area contributed by atoms with Gasteiger partial charge in [-0.15, -0.1) is 0 Å². The first-order valence-electron chi connectivity index (χ1n) is 9.66. The van der Waals surface area contributed by atoms with Crippen LogP contribution in [0.2, 0.25) is 5.02 Å². The summed E-state index contributed by atoms with van der Waals surface area (Å²) in [4.78, 5) is 17.4. The second-order valence-electron chi connectivity index (χ2n) is 7.22. The van der Waals surface area contributed by atoms with E-state index in [1.807, 2.05) is 36.2 Å². The molecule has 2 aliphatic rings. The van der Waals surface area contributed by atoms with Crippen molar-refractivity contribution in [2.75, 3.05) is 46.4 Å². The lowest BCUT2D eigenvalue weighted by Crippen LogP contribution is -2.57. The van der Waals surface area contributed by atoms with Crippen LogP contribution in [0.25, 0.3) is 0 Å². The Balaban J connectivity index is 1.73. The molecule has 1 aromatic rings. The van der Waals surface area contributed by atoms with Gasteiger partial charge in [0, 0.05) is 50.2 Å². The number of thiocarbonyl (C=S) groups is 1. The predicted molar refractivity (Wildman–Crippen MR) is 112 cm³/mol. The van der Waals surface area contributed by atoms with Gasteiger partial charge in [-0.25, -0.2) is 0 Å². The molecule has 0 aromatic heterocycles. The van der Waals surface area contributed by atoms with Gasteiger partial charge in [0.25, 0.3) is 0 Å². The van der Waals surface area contributed by atoms with Gasteiger partial charge >= 0.3 is 0 Å². The van der Waals surface area contributed by atoms with E-state index in [9.17, 15) is 4.79 Å². The van der Waals surface area contributed by atoms with Crippen LogP contribution in [0.3, 0.4) is 0 Å². The molecule has 1 saturated heterocycles. The molecular formula is C20H28ClN3O2S. The standard InChI is InChI=1S/C20H28ClN3O2S/c1-23(19(27)22-10-11-24-12-14-26-15-13-24)20(9-5-4-8-18(20)25)16-6-2-3-7-17(16)21/h2-3,6-7H,4-5,8-15H2,1H3,(H,22,27)/t20-/m0/s1.